The van der Waals surface area contributed by atoms with Crippen LogP contribution >= 0.6 is 0 Å². The lowest BCUT2D eigenvalue weighted by Gasteiger charge is -2.16. The van der Waals surface area contributed by atoms with E-state index in [0.717, 1.165) is 0 Å². The zero-order chi connectivity index (χ0) is 18.0. The molecule has 0 fully saturated rings. The van der Waals surface area contributed by atoms with Gasteiger partial charge in [0, 0.05) is 5.56 Å². The number of carbonyl (C=O) groups is 1. The molecule has 0 N–H and O–H groups in total. The predicted molar refractivity (Wildman–Crippen MR) is 72.6 cm³/mol. The van der Waals surface area contributed by atoms with E-state index >= 15 is 0 Å². The zero-order valence-corrected chi connectivity index (χ0v) is 11.9. The van der Waals surface area contributed by atoms with Crippen molar-refractivity contribution >= 4 is 6.29 Å². The number of aldehydes is 1. The Kier molecular flexibility index (Phi) is 4.86. The maximum absolute atomic E-state index is 12.9. The molecule has 2 rings (SSSR count). The minimum Gasteiger partial charge on any atom is -0.488 e. The molecular weight excluding hydrogens is 338 g/mol. The van der Waals surface area contributed by atoms with E-state index in [2.05, 4.69) is 0 Å². The zero-order valence-electron chi connectivity index (χ0n) is 11.9. The first-order chi connectivity index (χ1) is 11.1. The van der Waals surface area contributed by atoms with E-state index in [1.807, 2.05) is 0 Å². The van der Waals surface area contributed by atoms with Gasteiger partial charge in [0.2, 0.25) is 0 Å². The Hall–Kier alpha value is -2.51. The summed E-state index contributed by atoms with van der Waals surface area (Å²) in [5, 5.41) is 0. The first kappa shape index (κ1) is 17.8. The van der Waals surface area contributed by atoms with E-state index < -0.39 is 35.8 Å². The van der Waals surface area contributed by atoms with E-state index in [4.69, 9.17) is 4.74 Å². The summed E-state index contributed by atoms with van der Waals surface area (Å²) in [5.41, 5.74) is -1.92. The van der Waals surface area contributed by atoms with Crippen LogP contribution in [0.25, 0.3) is 0 Å². The molecule has 0 spiro atoms. The topological polar surface area (TPSA) is 26.3 Å². The molecule has 0 amide bonds. The van der Waals surface area contributed by atoms with Crippen LogP contribution in [-0.2, 0) is 19.0 Å². The van der Waals surface area contributed by atoms with Gasteiger partial charge in [0.05, 0.1) is 11.1 Å². The van der Waals surface area contributed by atoms with Crippen molar-refractivity contribution in [1.29, 1.82) is 0 Å². The molecule has 0 aromatic heterocycles. The molecule has 0 bridgehead atoms. The van der Waals surface area contributed by atoms with E-state index in [0.29, 0.717) is 30.0 Å². The Morgan fingerprint density at radius 3 is 2.21 bits per heavy atom. The van der Waals surface area contributed by atoms with Gasteiger partial charge in [0.15, 0.2) is 0 Å². The van der Waals surface area contributed by atoms with Crippen LogP contribution in [0.15, 0.2) is 42.5 Å². The van der Waals surface area contributed by atoms with Crippen LogP contribution in [0.3, 0.4) is 0 Å². The number of halogens is 6. The Bertz CT molecular complexity index is 734. The van der Waals surface area contributed by atoms with Gasteiger partial charge < -0.3 is 4.74 Å². The van der Waals surface area contributed by atoms with Crippen LogP contribution in [0.5, 0.6) is 5.75 Å². The molecule has 0 atom stereocenters. The second-order valence-electron chi connectivity index (χ2n) is 4.86. The fourth-order valence-electron chi connectivity index (χ4n) is 1.97. The third kappa shape index (κ3) is 4.27. The Morgan fingerprint density at radius 1 is 0.917 bits per heavy atom. The fourth-order valence-corrected chi connectivity index (χ4v) is 1.97. The molecule has 0 aliphatic carbocycles. The van der Waals surface area contributed by atoms with Crippen LogP contribution < -0.4 is 4.74 Å². The number of hydrogen-bond acceptors (Lipinski definition) is 2. The molecule has 0 radical (unpaired) electrons. The van der Waals surface area contributed by atoms with Crippen molar-refractivity contribution in [2.45, 2.75) is 19.0 Å². The SMILES string of the molecule is O=Cc1cccc(COc2cc(C(F)(F)F)ccc2C(F)(F)F)c1. The molecular formula is C16H10F6O2. The minimum atomic E-state index is -4.86. The summed E-state index contributed by atoms with van der Waals surface area (Å²) in [7, 11) is 0. The van der Waals surface area contributed by atoms with Gasteiger partial charge in [-0.25, -0.2) is 0 Å². The molecule has 0 unspecified atom stereocenters. The molecule has 0 heterocycles. The molecule has 0 saturated heterocycles. The van der Waals surface area contributed by atoms with E-state index in [1.165, 1.54) is 24.3 Å². The minimum absolute atomic E-state index is 0.274. The van der Waals surface area contributed by atoms with Gasteiger partial charge in [-0.15, -0.1) is 0 Å². The number of ether oxygens (including phenoxy) is 1. The van der Waals surface area contributed by atoms with Crippen LogP contribution in [0.2, 0.25) is 0 Å². The van der Waals surface area contributed by atoms with E-state index in [1.54, 1.807) is 0 Å². The summed E-state index contributed by atoms with van der Waals surface area (Å²) in [4.78, 5) is 10.7. The maximum Gasteiger partial charge on any atom is 0.419 e. The highest BCUT2D eigenvalue weighted by Gasteiger charge is 2.37. The molecule has 0 aliphatic heterocycles. The number of benzene rings is 2. The van der Waals surface area contributed by atoms with Gasteiger partial charge in [-0.1, -0.05) is 18.2 Å². The average Bonchev–Trinajstić information content (AvgIpc) is 2.51. The van der Waals surface area contributed by atoms with E-state index in [-0.39, 0.29) is 5.56 Å². The summed E-state index contributed by atoms with van der Waals surface area (Å²) < 4.78 is 81.7. The quantitative estimate of drug-likeness (QED) is 0.567. The monoisotopic (exact) mass is 348 g/mol. The molecule has 128 valence electrons. The van der Waals surface area contributed by atoms with Crippen LogP contribution in [0, 0.1) is 0 Å². The Balaban J connectivity index is 2.33. The van der Waals surface area contributed by atoms with E-state index in [9.17, 15) is 31.1 Å². The van der Waals surface area contributed by atoms with Gasteiger partial charge in [-0.05, 0) is 29.8 Å². The van der Waals surface area contributed by atoms with Crippen molar-refractivity contribution < 1.29 is 35.9 Å². The molecule has 24 heavy (non-hydrogen) atoms. The lowest BCUT2D eigenvalue weighted by molar-refractivity contribution is -0.142. The number of carbonyl (C=O) groups excluding carboxylic acids is 1. The average molecular weight is 348 g/mol. The smallest absolute Gasteiger partial charge is 0.419 e. The summed E-state index contributed by atoms with van der Waals surface area (Å²) in [6.45, 7) is -0.411. The summed E-state index contributed by atoms with van der Waals surface area (Å²) >= 11 is 0. The maximum atomic E-state index is 12.9. The van der Waals surface area contributed by atoms with Crippen LogP contribution in [0.4, 0.5) is 26.3 Å². The molecule has 2 aromatic carbocycles. The molecule has 0 saturated carbocycles. The largest absolute Gasteiger partial charge is 0.488 e. The normalized spacial score (nSPS) is 12.1. The summed E-state index contributed by atoms with van der Waals surface area (Å²) in [6.07, 6.45) is -9.11. The predicted octanol–water partition coefficient (Wildman–Crippen LogP) is 5.12. The highest BCUT2D eigenvalue weighted by Crippen LogP contribution is 2.40. The van der Waals surface area contributed by atoms with Crippen molar-refractivity contribution in [3.05, 3.63) is 64.7 Å². The first-order valence-electron chi connectivity index (χ1n) is 6.56. The molecule has 2 aromatic rings. The lowest BCUT2D eigenvalue weighted by atomic mass is 10.1. The second kappa shape index (κ2) is 6.54. The first-order valence-corrected chi connectivity index (χ1v) is 6.56. The van der Waals surface area contributed by atoms with Crippen LogP contribution in [-0.4, -0.2) is 6.29 Å². The summed E-state index contributed by atoms with van der Waals surface area (Å²) in [5.74, 6) is -0.922. The third-order valence-electron chi connectivity index (χ3n) is 3.10. The lowest BCUT2D eigenvalue weighted by Crippen LogP contribution is -2.12. The Morgan fingerprint density at radius 2 is 1.62 bits per heavy atom. The molecule has 2 nitrogen and oxygen atoms in total. The van der Waals surface area contributed by atoms with Gasteiger partial charge in [0.25, 0.3) is 0 Å². The standard InChI is InChI=1S/C16H10F6O2/c17-15(18,19)12-4-5-13(16(20,21)22)14(7-12)24-9-11-3-1-2-10(6-11)8-23/h1-8H,9H2. The van der Waals surface area contributed by atoms with Gasteiger partial charge in [-0.3, -0.25) is 4.79 Å². The van der Waals surface area contributed by atoms with Crippen molar-refractivity contribution in [3.63, 3.8) is 0 Å². The second-order valence-corrected chi connectivity index (χ2v) is 4.86. The number of hydrogen-bond donors (Lipinski definition) is 0. The van der Waals surface area contributed by atoms with Gasteiger partial charge >= 0.3 is 12.4 Å². The number of alkyl halides is 6. The van der Waals surface area contributed by atoms with Crippen molar-refractivity contribution in [1.82, 2.24) is 0 Å². The van der Waals surface area contributed by atoms with Crippen molar-refractivity contribution in [3.8, 4) is 5.75 Å². The summed E-state index contributed by atoms with van der Waals surface area (Å²) in [6, 6.07) is 6.80. The van der Waals surface area contributed by atoms with Gasteiger partial charge in [-0.2, -0.15) is 26.3 Å². The highest BCUT2D eigenvalue weighted by atomic mass is 19.4. The van der Waals surface area contributed by atoms with Crippen molar-refractivity contribution in [2.75, 3.05) is 0 Å². The number of rotatable bonds is 4. The highest BCUT2D eigenvalue weighted by molar-refractivity contribution is 5.74. The molecule has 0 aliphatic rings. The Labute approximate surface area is 132 Å². The fraction of sp³-hybridized carbons (Fsp3) is 0.188. The van der Waals surface area contributed by atoms with Crippen molar-refractivity contribution in [2.24, 2.45) is 0 Å². The van der Waals surface area contributed by atoms with Crippen LogP contribution in [0.1, 0.15) is 27.0 Å². The van der Waals surface area contributed by atoms with Gasteiger partial charge in [0.1, 0.15) is 18.6 Å². The third-order valence-corrected chi connectivity index (χ3v) is 3.10. The molecule has 8 heteroatoms.